The van der Waals surface area contributed by atoms with Gasteiger partial charge in [-0.05, 0) is 31.2 Å². The van der Waals surface area contributed by atoms with E-state index in [9.17, 15) is 4.79 Å². The molecule has 1 saturated carbocycles. The standard InChI is InChI=1S/C7H12N2O.ClH/c8-6(10)5-7(1-2-7)3-4-9-5;/h5,9H,1-4H2,(H2,8,10);1H. The minimum atomic E-state index is -0.171. The van der Waals surface area contributed by atoms with Gasteiger partial charge in [0.25, 0.3) is 0 Å². The molecule has 1 aliphatic heterocycles. The number of nitrogens with one attached hydrogen (secondary N) is 1. The summed E-state index contributed by atoms with van der Waals surface area (Å²) in [5.74, 6) is -0.171. The quantitative estimate of drug-likeness (QED) is 0.593. The predicted octanol–water partition coefficient (Wildman–Crippen LogP) is 0.0356. The van der Waals surface area contributed by atoms with Gasteiger partial charge in [0.05, 0.1) is 6.04 Å². The molecule has 0 bridgehead atoms. The Morgan fingerprint density at radius 1 is 1.45 bits per heavy atom. The van der Waals surface area contributed by atoms with E-state index in [-0.39, 0.29) is 24.4 Å². The Bertz CT molecular complexity index is 179. The lowest BCUT2D eigenvalue weighted by molar-refractivity contribution is -0.120. The van der Waals surface area contributed by atoms with Gasteiger partial charge in [0.1, 0.15) is 0 Å². The first-order valence-corrected chi connectivity index (χ1v) is 3.77. The number of rotatable bonds is 1. The molecular weight excluding hydrogens is 164 g/mol. The van der Waals surface area contributed by atoms with Crippen molar-refractivity contribution in [1.29, 1.82) is 0 Å². The van der Waals surface area contributed by atoms with Crippen molar-refractivity contribution in [1.82, 2.24) is 5.32 Å². The largest absolute Gasteiger partial charge is 0.368 e. The van der Waals surface area contributed by atoms with E-state index in [2.05, 4.69) is 5.32 Å². The maximum Gasteiger partial charge on any atom is 0.235 e. The summed E-state index contributed by atoms with van der Waals surface area (Å²) in [7, 11) is 0. The monoisotopic (exact) mass is 176 g/mol. The summed E-state index contributed by atoms with van der Waals surface area (Å²) in [6, 6.07) is -0.0208. The normalized spacial score (nSPS) is 31.5. The van der Waals surface area contributed by atoms with E-state index in [1.165, 1.54) is 12.8 Å². The molecule has 1 spiro atoms. The first kappa shape index (κ1) is 8.81. The molecule has 4 heteroatoms. The molecular formula is C7H13ClN2O. The number of hydrogen-bond donors (Lipinski definition) is 2. The Balaban J connectivity index is 0.000000605. The first-order valence-electron chi connectivity index (χ1n) is 3.77. The molecule has 1 atom stereocenters. The summed E-state index contributed by atoms with van der Waals surface area (Å²) in [5.41, 5.74) is 5.51. The third kappa shape index (κ3) is 1.23. The van der Waals surface area contributed by atoms with Crippen molar-refractivity contribution in [3.8, 4) is 0 Å². The molecule has 1 aliphatic carbocycles. The Kier molecular flexibility index (Phi) is 2.12. The van der Waals surface area contributed by atoms with Crippen LogP contribution in [0.5, 0.6) is 0 Å². The number of carbonyl (C=O) groups excluding carboxylic acids is 1. The summed E-state index contributed by atoms with van der Waals surface area (Å²) < 4.78 is 0. The maximum atomic E-state index is 10.8. The second-order valence-corrected chi connectivity index (χ2v) is 3.40. The average Bonchev–Trinajstić information content (AvgIpc) is 2.42. The van der Waals surface area contributed by atoms with Gasteiger partial charge in [-0.2, -0.15) is 0 Å². The molecule has 3 N–H and O–H groups in total. The minimum absolute atomic E-state index is 0. The van der Waals surface area contributed by atoms with Gasteiger partial charge in [0.2, 0.25) is 5.91 Å². The summed E-state index contributed by atoms with van der Waals surface area (Å²) in [4.78, 5) is 10.8. The molecule has 1 saturated heterocycles. The van der Waals surface area contributed by atoms with Crippen molar-refractivity contribution in [3.63, 3.8) is 0 Å². The lowest BCUT2D eigenvalue weighted by atomic mass is 9.97. The van der Waals surface area contributed by atoms with Crippen LogP contribution in [-0.4, -0.2) is 18.5 Å². The Morgan fingerprint density at radius 2 is 2.09 bits per heavy atom. The van der Waals surface area contributed by atoms with E-state index >= 15 is 0 Å². The van der Waals surface area contributed by atoms with Crippen molar-refractivity contribution < 1.29 is 4.79 Å². The number of primary amides is 1. The fourth-order valence-corrected chi connectivity index (χ4v) is 1.93. The van der Waals surface area contributed by atoms with Crippen LogP contribution in [-0.2, 0) is 4.79 Å². The molecule has 2 rings (SSSR count). The zero-order valence-corrected chi connectivity index (χ0v) is 7.12. The SMILES string of the molecule is Cl.NC(=O)C1NCCC12CC2. The van der Waals surface area contributed by atoms with Gasteiger partial charge in [-0.25, -0.2) is 0 Å². The van der Waals surface area contributed by atoms with Crippen LogP contribution in [0, 0.1) is 5.41 Å². The van der Waals surface area contributed by atoms with Gasteiger partial charge in [0, 0.05) is 0 Å². The van der Waals surface area contributed by atoms with Gasteiger partial charge < -0.3 is 11.1 Å². The van der Waals surface area contributed by atoms with Crippen molar-refractivity contribution in [2.45, 2.75) is 25.3 Å². The lowest BCUT2D eigenvalue weighted by Gasteiger charge is -2.12. The Hall–Kier alpha value is -0.280. The first-order chi connectivity index (χ1) is 4.75. The van der Waals surface area contributed by atoms with Crippen LogP contribution in [0.25, 0.3) is 0 Å². The van der Waals surface area contributed by atoms with Gasteiger partial charge in [-0.15, -0.1) is 12.4 Å². The van der Waals surface area contributed by atoms with Crippen LogP contribution in [0.3, 0.4) is 0 Å². The van der Waals surface area contributed by atoms with Crippen LogP contribution >= 0.6 is 12.4 Å². The van der Waals surface area contributed by atoms with Crippen LogP contribution in [0.4, 0.5) is 0 Å². The van der Waals surface area contributed by atoms with E-state index in [4.69, 9.17) is 5.73 Å². The molecule has 64 valence electrons. The molecule has 0 aromatic heterocycles. The second kappa shape index (κ2) is 2.64. The molecule has 2 aliphatic rings. The molecule has 1 amide bonds. The zero-order valence-electron chi connectivity index (χ0n) is 6.30. The highest BCUT2D eigenvalue weighted by Crippen LogP contribution is 2.53. The summed E-state index contributed by atoms with van der Waals surface area (Å²) in [5, 5.41) is 3.13. The van der Waals surface area contributed by atoms with E-state index in [1.54, 1.807) is 0 Å². The highest BCUT2D eigenvalue weighted by atomic mass is 35.5. The molecule has 11 heavy (non-hydrogen) atoms. The number of hydrogen-bond acceptors (Lipinski definition) is 2. The number of carbonyl (C=O) groups is 1. The number of amides is 1. The lowest BCUT2D eigenvalue weighted by Crippen LogP contribution is -2.41. The van der Waals surface area contributed by atoms with Crippen molar-refractivity contribution in [2.75, 3.05) is 6.54 Å². The van der Waals surface area contributed by atoms with Gasteiger partial charge in [-0.3, -0.25) is 4.79 Å². The van der Waals surface area contributed by atoms with E-state index in [0.29, 0.717) is 5.41 Å². The highest BCUT2D eigenvalue weighted by Gasteiger charge is 2.54. The molecule has 2 fully saturated rings. The summed E-state index contributed by atoms with van der Waals surface area (Å²) in [6.07, 6.45) is 3.52. The van der Waals surface area contributed by atoms with Crippen LogP contribution in [0.2, 0.25) is 0 Å². The topological polar surface area (TPSA) is 55.1 Å². The number of nitrogens with two attached hydrogens (primary N) is 1. The molecule has 1 heterocycles. The van der Waals surface area contributed by atoms with Gasteiger partial charge in [-0.1, -0.05) is 0 Å². The fraction of sp³-hybridized carbons (Fsp3) is 0.857. The molecule has 0 aromatic rings. The van der Waals surface area contributed by atoms with Gasteiger partial charge >= 0.3 is 0 Å². The smallest absolute Gasteiger partial charge is 0.235 e. The van der Waals surface area contributed by atoms with E-state index in [0.717, 1.165) is 13.0 Å². The zero-order chi connectivity index (χ0) is 7.19. The van der Waals surface area contributed by atoms with E-state index in [1.807, 2.05) is 0 Å². The van der Waals surface area contributed by atoms with Gasteiger partial charge in [0.15, 0.2) is 0 Å². The summed E-state index contributed by atoms with van der Waals surface area (Å²) >= 11 is 0. The van der Waals surface area contributed by atoms with Crippen molar-refractivity contribution in [2.24, 2.45) is 11.1 Å². The summed E-state index contributed by atoms with van der Waals surface area (Å²) in [6.45, 7) is 0.966. The second-order valence-electron chi connectivity index (χ2n) is 3.40. The minimum Gasteiger partial charge on any atom is -0.368 e. The molecule has 0 aromatic carbocycles. The third-order valence-electron chi connectivity index (χ3n) is 2.76. The molecule has 3 nitrogen and oxygen atoms in total. The van der Waals surface area contributed by atoms with Crippen LogP contribution < -0.4 is 11.1 Å². The number of halogens is 1. The maximum absolute atomic E-state index is 10.8. The Labute approximate surface area is 72.1 Å². The molecule has 1 unspecified atom stereocenters. The Morgan fingerprint density at radius 3 is 2.45 bits per heavy atom. The van der Waals surface area contributed by atoms with Crippen LogP contribution in [0.15, 0.2) is 0 Å². The van der Waals surface area contributed by atoms with Crippen molar-refractivity contribution >= 4 is 18.3 Å². The fourth-order valence-electron chi connectivity index (χ4n) is 1.93. The van der Waals surface area contributed by atoms with Crippen LogP contribution in [0.1, 0.15) is 19.3 Å². The molecule has 0 radical (unpaired) electrons. The third-order valence-corrected chi connectivity index (χ3v) is 2.76. The van der Waals surface area contributed by atoms with Crippen molar-refractivity contribution in [3.05, 3.63) is 0 Å². The average molecular weight is 177 g/mol. The predicted molar refractivity (Wildman–Crippen MR) is 44.5 cm³/mol. The highest BCUT2D eigenvalue weighted by molar-refractivity contribution is 5.85. The van der Waals surface area contributed by atoms with E-state index < -0.39 is 0 Å².